The molecule has 0 fully saturated rings. The summed E-state index contributed by atoms with van der Waals surface area (Å²) in [6.07, 6.45) is 2.30. The first-order valence-corrected chi connectivity index (χ1v) is 9.35. The van der Waals surface area contributed by atoms with Crippen LogP contribution in [0.4, 0.5) is 0 Å². The lowest BCUT2D eigenvalue weighted by Gasteiger charge is -2.22. The van der Waals surface area contributed by atoms with Gasteiger partial charge in [0.1, 0.15) is 11.8 Å². The van der Waals surface area contributed by atoms with Crippen LogP contribution in [0.2, 0.25) is 5.02 Å². The number of hydrogen-bond donors (Lipinski definition) is 0. The van der Waals surface area contributed by atoms with Crippen molar-refractivity contribution < 1.29 is 23.2 Å². The van der Waals surface area contributed by atoms with Gasteiger partial charge in [0, 0.05) is 11.4 Å². The molecule has 1 aliphatic rings. The Hall–Kier alpha value is -3.32. The molecule has 0 aliphatic carbocycles. The summed E-state index contributed by atoms with van der Waals surface area (Å²) in [5.41, 5.74) is 1.56. The summed E-state index contributed by atoms with van der Waals surface area (Å²) < 4.78 is 15.8. The van der Waals surface area contributed by atoms with Crippen LogP contribution in [0.25, 0.3) is 0 Å². The normalized spacial score (nSPS) is 17.1. The number of carbonyl (C=O) groups is 2. The number of esters is 1. The molecule has 3 heterocycles. The highest BCUT2D eigenvalue weighted by Gasteiger charge is 2.38. The molecule has 7 nitrogen and oxygen atoms in total. The van der Waals surface area contributed by atoms with E-state index in [0.29, 0.717) is 22.9 Å². The number of benzene rings is 1. The third-order valence-electron chi connectivity index (χ3n) is 4.54. The number of hydrogen-bond acceptors (Lipinski definition) is 6. The molecule has 148 valence electrons. The van der Waals surface area contributed by atoms with Crippen LogP contribution >= 0.6 is 11.6 Å². The first kappa shape index (κ1) is 19.0. The zero-order valence-electron chi connectivity index (χ0n) is 15.4. The molecule has 0 saturated carbocycles. The van der Waals surface area contributed by atoms with Gasteiger partial charge in [-0.15, -0.1) is 0 Å². The van der Waals surface area contributed by atoms with Gasteiger partial charge >= 0.3 is 5.97 Å². The van der Waals surface area contributed by atoms with Crippen LogP contribution in [-0.2, 0) is 9.53 Å². The first-order chi connectivity index (χ1) is 14.0. The van der Waals surface area contributed by atoms with Gasteiger partial charge in [0.05, 0.1) is 18.2 Å². The van der Waals surface area contributed by atoms with Gasteiger partial charge in [-0.2, -0.15) is 5.10 Å². The maximum Gasteiger partial charge on any atom is 0.374 e. The van der Waals surface area contributed by atoms with Crippen LogP contribution < -0.4 is 0 Å². The van der Waals surface area contributed by atoms with Gasteiger partial charge < -0.3 is 13.6 Å². The third-order valence-corrected chi connectivity index (χ3v) is 4.79. The predicted octanol–water partition coefficient (Wildman–Crippen LogP) is 4.45. The molecular formula is C21H17ClN2O5. The minimum Gasteiger partial charge on any atom is -0.467 e. The summed E-state index contributed by atoms with van der Waals surface area (Å²) in [5.74, 6) is -0.559. The largest absolute Gasteiger partial charge is 0.467 e. The van der Waals surface area contributed by atoms with Crippen molar-refractivity contribution in [1.29, 1.82) is 0 Å². The van der Waals surface area contributed by atoms with E-state index in [2.05, 4.69) is 5.10 Å². The average molecular weight is 413 g/mol. The molecule has 0 bridgehead atoms. The Kier molecular flexibility index (Phi) is 5.22. The number of nitrogens with zero attached hydrogens (tertiary/aromatic N) is 2. The summed E-state index contributed by atoms with van der Waals surface area (Å²) >= 11 is 5.96. The molecule has 2 atom stereocenters. The third kappa shape index (κ3) is 3.95. The maximum absolute atomic E-state index is 13.0. The topological polar surface area (TPSA) is 85.2 Å². The van der Waals surface area contributed by atoms with Gasteiger partial charge in [-0.1, -0.05) is 23.7 Å². The van der Waals surface area contributed by atoms with Gasteiger partial charge in [-0.3, -0.25) is 4.79 Å². The SMILES string of the molecule is C[C@@H](OC(=O)c1ccco1)C(=O)N1N=C(c2ccc(Cl)cc2)C[C@@H]1c1ccco1. The Morgan fingerprint density at radius 1 is 1.14 bits per heavy atom. The number of rotatable bonds is 5. The van der Waals surface area contributed by atoms with Gasteiger partial charge in [0.2, 0.25) is 5.76 Å². The zero-order valence-corrected chi connectivity index (χ0v) is 16.2. The van der Waals surface area contributed by atoms with E-state index in [1.165, 1.54) is 24.3 Å². The molecule has 8 heteroatoms. The van der Waals surface area contributed by atoms with Gasteiger partial charge in [-0.25, -0.2) is 9.80 Å². The molecule has 0 N–H and O–H groups in total. The number of carbonyl (C=O) groups excluding carboxylic acids is 2. The molecule has 0 saturated heterocycles. The summed E-state index contributed by atoms with van der Waals surface area (Å²) in [4.78, 5) is 25.1. The summed E-state index contributed by atoms with van der Waals surface area (Å²) in [6.45, 7) is 1.50. The molecule has 0 unspecified atom stereocenters. The molecule has 29 heavy (non-hydrogen) atoms. The van der Waals surface area contributed by atoms with Crippen molar-refractivity contribution in [3.05, 3.63) is 83.2 Å². The van der Waals surface area contributed by atoms with Crippen molar-refractivity contribution in [3.63, 3.8) is 0 Å². The predicted molar refractivity (Wildman–Crippen MR) is 104 cm³/mol. The molecule has 0 spiro atoms. The van der Waals surface area contributed by atoms with Crippen molar-refractivity contribution in [2.75, 3.05) is 0 Å². The van der Waals surface area contributed by atoms with E-state index in [1.54, 1.807) is 36.6 Å². The van der Waals surface area contributed by atoms with E-state index in [4.69, 9.17) is 25.2 Å². The van der Waals surface area contributed by atoms with E-state index in [-0.39, 0.29) is 5.76 Å². The van der Waals surface area contributed by atoms with Gasteiger partial charge in [0.25, 0.3) is 5.91 Å². The summed E-state index contributed by atoms with van der Waals surface area (Å²) in [7, 11) is 0. The highest BCUT2D eigenvalue weighted by atomic mass is 35.5. The molecule has 0 radical (unpaired) electrons. The van der Waals surface area contributed by atoms with Crippen molar-refractivity contribution >= 4 is 29.2 Å². The Labute approximate surface area is 171 Å². The minimum atomic E-state index is -1.06. The number of halogens is 1. The monoisotopic (exact) mass is 412 g/mol. The number of amides is 1. The number of hydrazone groups is 1. The second-order valence-electron chi connectivity index (χ2n) is 6.50. The molecule has 2 aromatic heterocycles. The highest BCUT2D eigenvalue weighted by molar-refractivity contribution is 6.30. The van der Waals surface area contributed by atoms with Crippen LogP contribution in [0.5, 0.6) is 0 Å². The van der Waals surface area contributed by atoms with Crippen LogP contribution in [0, 0.1) is 0 Å². The fraction of sp³-hybridized carbons (Fsp3) is 0.190. The lowest BCUT2D eigenvalue weighted by atomic mass is 10.0. The minimum absolute atomic E-state index is 0.0269. The molecule has 1 aliphatic heterocycles. The second kappa shape index (κ2) is 7.97. The standard InChI is InChI=1S/C21H17ClN2O5/c1-13(29-21(26)19-5-3-11-28-19)20(25)24-17(18-4-2-10-27-18)12-16(23-24)14-6-8-15(22)9-7-14/h2-11,13,17H,12H2,1H3/t13-,17-/m1/s1. The van der Waals surface area contributed by atoms with Crippen molar-refractivity contribution in [3.8, 4) is 0 Å². The lowest BCUT2D eigenvalue weighted by molar-refractivity contribution is -0.142. The van der Waals surface area contributed by atoms with Crippen molar-refractivity contribution in [2.24, 2.45) is 5.10 Å². The zero-order chi connectivity index (χ0) is 20.4. The van der Waals surface area contributed by atoms with E-state index in [1.807, 2.05) is 12.1 Å². The molecular weight excluding hydrogens is 396 g/mol. The first-order valence-electron chi connectivity index (χ1n) is 8.97. The van der Waals surface area contributed by atoms with E-state index >= 15 is 0 Å². The highest BCUT2D eigenvalue weighted by Crippen LogP contribution is 2.34. The van der Waals surface area contributed by atoms with E-state index in [0.717, 1.165) is 5.56 Å². The van der Waals surface area contributed by atoms with Crippen LogP contribution in [-0.4, -0.2) is 28.7 Å². The van der Waals surface area contributed by atoms with E-state index in [9.17, 15) is 9.59 Å². The summed E-state index contributed by atoms with van der Waals surface area (Å²) in [5, 5.41) is 6.42. The maximum atomic E-state index is 13.0. The molecule has 4 rings (SSSR count). The number of furan rings is 2. The van der Waals surface area contributed by atoms with Crippen molar-refractivity contribution in [1.82, 2.24) is 5.01 Å². The van der Waals surface area contributed by atoms with E-state index < -0.39 is 24.0 Å². The Balaban J connectivity index is 1.57. The van der Waals surface area contributed by atoms with Crippen molar-refractivity contribution in [2.45, 2.75) is 25.5 Å². The molecule has 3 aromatic rings. The van der Waals surface area contributed by atoms with Gasteiger partial charge in [-0.05, 0) is 48.9 Å². The fourth-order valence-corrected chi connectivity index (χ4v) is 3.21. The van der Waals surface area contributed by atoms with Crippen LogP contribution in [0.1, 0.15) is 41.3 Å². The van der Waals surface area contributed by atoms with Gasteiger partial charge in [0.15, 0.2) is 6.10 Å². The summed E-state index contributed by atoms with van der Waals surface area (Å²) in [6, 6.07) is 13.3. The fourth-order valence-electron chi connectivity index (χ4n) is 3.08. The number of ether oxygens (including phenoxy) is 1. The van der Waals surface area contributed by atoms with Crippen LogP contribution in [0.3, 0.4) is 0 Å². The van der Waals surface area contributed by atoms with Crippen LogP contribution in [0.15, 0.2) is 75.0 Å². The molecule has 1 amide bonds. The second-order valence-corrected chi connectivity index (χ2v) is 6.93. The average Bonchev–Trinajstić information content (AvgIpc) is 3.48. The Bertz CT molecular complexity index is 1030. The lowest BCUT2D eigenvalue weighted by Crippen LogP contribution is -2.37. The Morgan fingerprint density at radius 3 is 2.52 bits per heavy atom. The molecule has 1 aromatic carbocycles. The smallest absolute Gasteiger partial charge is 0.374 e. The Morgan fingerprint density at radius 2 is 1.86 bits per heavy atom. The quantitative estimate of drug-likeness (QED) is 0.578.